The average Bonchev–Trinajstić information content (AvgIpc) is 2.57. The predicted molar refractivity (Wildman–Crippen MR) is 64.7 cm³/mol. The van der Waals surface area contributed by atoms with Gasteiger partial charge in [0.05, 0.1) is 16.6 Å². The van der Waals surface area contributed by atoms with Crippen LogP contribution in [-0.4, -0.2) is 28.9 Å². The highest BCUT2D eigenvalue weighted by atomic mass is 35.5. The van der Waals surface area contributed by atoms with Crippen LogP contribution in [0.5, 0.6) is 0 Å². The Morgan fingerprint density at radius 2 is 2.24 bits per heavy atom. The zero-order valence-electron chi connectivity index (χ0n) is 9.31. The van der Waals surface area contributed by atoms with Crippen LogP contribution < -0.4 is 4.90 Å². The lowest BCUT2D eigenvalue weighted by Crippen LogP contribution is -2.27. The molecule has 1 aliphatic heterocycles. The van der Waals surface area contributed by atoms with E-state index in [1.807, 2.05) is 0 Å². The molecule has 2 rings (SSSR count). The van der Waals surface area contributed by atoms with Crippen molar-refractivity contribution < 1.29 is 14.7 Å². The number of amides is 1. The van der Waals surface area contributed by atoms with Crippen molar-refractivity contribution in [1.29, 1.82) is 0 Å². The summed E-state index contributed by atoms with van der Waals surface area (Å²) in [7, 11) is 0. The molecule has 0 aliphatic carbocycles. The molecule has 4 nitrogen and oxygen atoms in total. The minimum atomic E-state index is -1.03. The third-order valence-corrected chi connectivity index (χ3v) is 3.11. The van der Waals surface area contributed by atoms with E-state index < -0.39 is 5.97 Å². The quantitative estimate of drug-likeness (QED) is 0.821. The highest BCUT2D eigenvalue weighted by molar-refractivity contribution is 6.24. The van der Waals surface area contributed by atoms with Gasteiger partial charge in [0.1, 0.15) is 0 Å². The lowest BCUT2D eigenvalue weighted by atomic mass is 10.1. The number of alkyl halides is 1. The number of aryl methyl sites for hydroxylation is 1. The molecule has 1 aliphatic rings. The SMILES string of the molecule is Cc1cccc(C(=O)O)c1N1CC(Cl)CC1=O. The molecule has 1 amide bonds. The van der Waals surface area contributed by atoms with Gasteiger partial charge in [0, 0.05) is 13.0 Å². The van der Waals surface area contributed by atoms with Gasteiger partial charge in [0.25, 0.3) is 0 Å². The largest absolute Gasteiger partial charge is 0.478 e. The smallest absolute Gasteiger partial charge is 0.337 e. The van der Waals surface area contributed by atoms with Crippen LogP contribution in [0.1, 0.15) is 22.3 Å². The number of rotatable bonds is 2. The second-order valence-corrected chi connectivity index (χ2v) is 4.70. The molecule has 1 heterocycles. The zero-order chi connectivity index (χ0) is 12.6. The molecular weight excluding hydrogens is 242 g/mol. The number of para-hydroxylation sites is 1. The first-order chi connectivity index (χ1) is 8.00. The number of hydrogen-bond acceptors (Lipinski definition) is 2. The van der Waals surface area contributed by atoms with Crippen molar-refractivity contribution in [3.63, 3.8) is 0 Å². The van der Waals surface area contributed by atoms with E-state index in [0.717, 1.165) is 5.56 Å². The first-order valence-electron chi connectivity index (χ1n) is 5.28. The molecule has 0 bridgehead atoms. The average molecular weight is 254 g/mol. The normalized spacial score (nSPS) is 19.8. The molecule has 1 unspecified atom stereocenters. The second kappa shape index (κ2) is 4.37. The van der Waals surface area contributed by atoms with Crippen LogP contribution in [0.4, 0.5) is 5.69 Å². The number of halogens is 1. The molecule has 1 aromatic rings. The summed E-state index contributed by atoms with van der Waals surface area (Å²) in [5.74, 6) is -1.16. The summed E-state index contributed by atoms with van der Waals surface area (Å²) >= 11 is 5.93. The van der Waals surface area contributed by atoms with E-state index in [-0.39, 0.29) is 23.3 Å². The topological polar surface area (TPSA) is 57.6 Å². The summed E-state index contributed by atoms with van der Waals surface area (Å²) in [6.07, 6.45) is 0.259. The molecule has 0 spiro atoms. The van der Waals surface area contributed by atoms with Gasteiger partial charge in [0.2, 0.25) is 5.91 Å². The van der Waals surface area contributed by atoms with Gasteiger partial charge in [-0.2, -0.15) is 0 Å². The fourth-order valence-corrected chi connectivity index (χ4v) is 2.34. The number of carboxylic acid groups (broad SMARTS) is 1. The summed E-state index contributed by atoms with van der Waals surface area (Å²) < 4.78 is 0. The van der Waals surface area contributed by atoms with Gasteiger partial charge in [-0.1, -0.05) is 12.1 Å². The maximum Gasteiger partial charge on any atom is 0.337 e. The van der Waals surface area contributed by atoms with Crippen LogP contribution in [0, 0.1) is 6.92 Å². The van der Waals surface area contributed by atoms with Crippen molar-refractivity contribution in [2.75, 3.05) is 11.4 Å². The van der Waals surface area contributed by atoms with Gasteiger partial charge < -0.3 is 10.0 Å². The van der Waals surface area contributed by atoms with Gasteiger partial charge in [-0.05, 0) is 18.6 Å². The van der Waals surface area contributed by atoms with Crippen molar-refractivity contribution in [3.05, 3.63) is 29.3 Å². The molecule has 0 saturated carbocycles. The molecule has 1 atom stereocenters. The fraction of sp³-hybridized carbons (Fsp3) is 0.333. The Morgan fingerprint density at radius 3 is 2.76 bits per heavy atom. The van der Waals surface area contributed by atoms with E-state index in [0.29, 0.717) is 12.2 Å². The van der Waals surface area contributed by atoms with Crippen LogP contribution in [0.15, 0.2) is 18.2 Å². The number of nitrogens with zero attached hydrogens (tertiary/aromatic N) is 1. The maximum atomic E-state index is 11.8. The summed E-state index contributed by atoms with van der Waals surface area (Å²) in [5.41, 5.74) is 1.38. The standard InChI is InChI=1S/C12H12ClNO3/c1-7-3-2-4-9(12(16)17)11(7)14-6-8(13)5-10(14)15/h2-4,8H,5-6H2,1H3,(H,16,17). The Kier molecular flexibility index (Phi) is 3.07. The molecule has 1 N–H and O–H groups in total. The molecule has 1 saturated heterocycles. The van der Waals surface area contributed by atoms with Crippen LogP contribution in [0.2, 0.25) is 0 Å². The molecule has 1 fully saturated rings. The highest BCUT2D eigenvalue weighted by Crippen LogP contribution is 2.30. The fourth-order valence-electron chi connectivity index (χ4n) is 2.07. The van der Waals surface area contributed by atoms with Gasteiger partial charge >= 0.3 is 5.97 Å². The number of benzene rings is 1. The van der Waals surface area contributed by atoms with Crippen molar-refractivity contribution in [2.24, 2.45) is 0 Å². The Bertz CT molecular complexity index is 487. The minimum absolute atomic E-state index is 0.123. The Labute approximate surface area is 104 Å². The van der Waals surface area contributed by atoms with Crippen LogP contribution in [0.25, 0.3) is 0 Å². The van der Waals surface area contributed by atoms with E-state index in [9.17, 15) is 9.59 Å². The summed E-state index contributed by atoms with van der Waals surface area (Å²) in [6.45, 7) is 2.15. The van der Waals surface area contributed by atoms with E-state index in [2.05, 4.69) is 0 Å². The maximum absolute atomic E-state index is 11.8. The Balaban J connectivity index is 2.51. The van der Waals surface area contributed by atoms with Gasteiger partial charge in [-0.3, -0.25) is 4.79 Å². The predicted octanol–water partition coefficient (Wildman–Crippen LogP) is 2.04. The monoisotopic (exact) mass is 253 g/mol. The Morgan fingerprint density at radius 1 is 1.53 bits per heavy atom. The van der Waals surface area contributed by atoms with Crippen molar-refractivity contribution >= 4 is 29.2 Å². The lowest BCUT2D eigenvalue weighted by molar-refractivity contribution is -0.117. The lowest BCUT2D eigenvalue weighted by Gasteiger charge is -2.20. The van der Waals surface area contributed by atoms with Crippen LogP contribution >= 0.6 is 11.6 Å². The molecule has 17 heavy (non-hydrogen) atoms. The van der Waals surface area contributed by atoms with Gasteiger partial charge in [0.15, 0.2) is 0 Å². The van der Waals surface area contributed by atoms with Crippen LogP contribution in [-0.2, 0) is 4.79 Å². The van der Waals surface area contributed by atoms with E-state index >= 15 is 0 Å². The molecule has 90 valence electrons. The molecule has 0 radical (unpaired) electrons. The van der Waals surface area contributed by atoms with Crippen molar-refractivity contribution in [2.45, 2.75) is 18.7 Å². The van der Waals surface area contributed by atoms with Crippen molar-refractivity contribution in [1.82, 2.24) is 0 Å². The first-order valence-corrected chi connectivity index (χ1v) is 5.71. The van der Waals surface area contributed by atoms with E-state index in [4.69, 9.17) is 16.7 Å². The molecular formula is C12H12ClNO3. The number of carbonyl (C=O) groups is 2. The third-order valence-electron chi connectivity index (χ3n) is 2.82. The number of aromatic carboxylic acids is 1. The highest BCUT2D eigenvalue weighted by Gasteiger charge is 2.32. The van der Waals surface area contributed by atoms with E-state index in [1.165, 1.54) is 11.0 Å². The minimum Gasteiger partial charge on any atom is -0.478 e. The molecule has 1 aromatic carbocycles. The summed E-state index contributed by atoms with van der Waals surface area (Å²) in [4.78, 5) is 24.4. The third kappa shape index (κ3) is 2.13. The summed E-state index contributed by atoms with van der Waals surface area (Å²) in [5, 5.41) is 8.89. The second-order valence-electron chi connectivity index (χ2n) is 4.08. The first kappa shape index (κ1) is 11.9. The zero-order valence-corrected chi connectivity index (χ0v) is 10.1. The summed E-state index contributed by atoms with van der Waals surface area (Å²) in [6, 6.07) is 4.96. The molecule has 0 aromatic heterocycles. The van der Waals surface area contributed by atoms with Crippen LogP contribution in [0.3, 0.4) is 0 Å². The van der Waals surface area contributed by atoms with E-state index in [1.54, 1.807) is 19.1 Å². The Hall–Kier alpha value is -1.55. The van der Waals surface area contributed by atoms with Gasteiger partial charge in [-0.15, -0.1) is 11.6 Å². The number of carboxylic acids is 1. The number of anilines is 1. The van der Waals surface area contributed by atoms with Gasteiger partial charge in [-0.25, -0.2) is 4.79 Å². The molecule has 5 heteroatoms. The number of hydrogen-bond donors (Lipinski definition) is 1. The number of carbonyl (C=O) groups excluding carboxylic acids is 1. The van der Waals surface area contributed by atoms with Crippen molar-refractivity contribution in [3.8, 4) is 0 Å².